The van der Waals surface area contributed by atoms with Gasteiger partial charge in [-0.1, -0.05) is 17.7 Å². The summed E-state index contributed by atoms with van der Waals surface area (Å²) in [6.45, 7) is 0. The Morgan fingerprint density at radius 2 is 1.95 bits per heavy atom. The molecule has 0 saturated heterocycles. The fourth-order valence-corrected chi connectivity index (χ4v) is 2.04. The summed E-state index contributed by atoms with van der Waals surface area (Å²) in [6.07, 6.45) is 6.01. The molecule has 1 aliphatic rings. The summed E-state index contributed by atoms with van der Waals surface area (Å²) in [6, 6.07) is 5.58. The van der Waals surface area contributed by atoms with E-state index in [-0.39, 0.29) is 11.4 Å². The van der Waals surface area contributed by atoms with Crippen LogP contribution in [0.3, 0.4) is 0 Å². The van der Waals surface area contributed by atoms with E-state index in [2.05, 4.69) is 10.6 Å². The van der Waals surface area contributed by atoms with Gasteiger partial charge in [-0.05, 0) is 31.7 Å². The van der Waals surface area contributed by atoms with E-state index in [0.29, 0.717) is 0 Å². The van der Waals surface area contributed by atoms with Crippen molar-refractivity contribution in [3.05, 3.63) is 46.2 Å². The lowest BCUT2D eigenvalue weighted by molar-refractivity contribution is -0.383. The van der Waals surface area contributed by atoms with Crippen molar-refractivity contribution in [1.82, 2.24) is 5.32 Å². The summed E-state index contributed by atoms with van der Waals surface area (Å²) in [5, 5.41) is 15.9. The van der Waals surface area contributed by atoms with Crippen molar-refractivity contribution in [1.29, 1.82) is 0 Å². The van der Waals surface area contributed by atoms with Crippen LogP contribution in [0.25, 0.3) is 0 Å². The smallest absolute Gasteiger partial charge is 0.314 e. The number of amides is 2. The van der Waals surface area contributed by atoms with E-state index in [9.17, 15) is 14.9 Å². The number of carbonyl (C=O) groups is 1. The number of para-hydroxylation sites is 2. The van der Waals surface area contributed by atoms with Crippen LogP contribution in [0.5, 0.6) is 0 Å². The molecule has 6 nitrogen and oxygen atoms in total. The van der Waals surface area contributed by atoms with Gasteiger partial charge < -0.3 is 10.6 Å². The van der Waals surface area contributed by atoms with Gasteiger partial charge in [-0.2, -0.15) is 0 Å². The number of rotatable bonds is 3. The first-order valence-corrected chi connectivity index (χ1v) is 6.15. The Morgan fingerprint density at radius 3 is 2.63 bits per heavy atom. The summed E-state index contributed by atoms with van der Waals surface area (Å²) in [5.74, 6) is 0. The molecule has 0 aromatic heterocycles. The normalized spacial score (nSPS) is 14.0. The fourth-order valence-electron chi connectivity index (χ4n) is 2.04. The number of nitrogens with one attached hydrogen (secondary N) is 2. The van der Waals surface area contributed by atoms with Crippen LogP contribution in [0, 0.1) is 10.1 Å². The van der Waals surface area contributed by atoms with Gasteiger partial charge in [0.2, 0.25) is 0 Å². The van der Waals surface area contributed by atoms with Gasteiger partial charge in [0.15, 0.2) is 0 Å². The summed E-state index contributed by atoms with van der Waals surface area (Å²) >= 11 is 0. The van der Waals surface area contributed by atoms with Crippen molar-refractivity contribution in [3.63, 3.8) is 0 Å². The maximum Gasteiger partial charge on any atom is 0.323 e. The zero-order valence-electron chi connectivity index (χ0n) is 10.4. The lowest BCUT2D eigenvalue weighted by Crippen LogP contribution is -2.24. The maximum atomic E-state index is 11.7. The number of nitro groups is 1. The van der Waals surface area contributed by atoms with E-state index in [1.165, 1.54) is 17.7 Å². The molecule has 6 heteroatoms. The number of benzene rings is 1. The van der Waals surface area contributed by atoms with E-state index >= 15 is 0 Å². The molecule has 0 atom stereocenters. The van der Waals surface area contributed by atoms with Gasteiger partial charge >= 0.3 is 6.03 Å². The Kier molecular flexibility index (Phi) is 4.12. The zero-order valence-corrected chi connectivity index (χ0v) is 10.4. The second-order valence-corrected chi connectivity index (χ2v) is 4.38. The molecule has 1 aromatic rings. The highest BCUT2D eigenvalue weighted by molar-refractivity contribution is 5.92. The summed E-state index contributed by atoms with van der Waals surface area (Å²) < 4.78 is 0. The van der Waals surface area contributed by atoms with Gasteiger partial charge in [-0.25, -0.2) is 4.79 Å². The Balaban J connectivity index is 1.99. The Morgan fingerprint density at radius 1 is 1.26 bits per heavy atom. The predicted molar refractivity (Wildman–Crippen MR) is 71.8 cm³/mol. The summed E-state index contributed by atoms with van der Waals surface area (Å²) in [7, 11) is 0. The molecule has 1 saturated carbocycles. The van der Waals surface area contributed by atoms with Gasteiger partial charge in [0.05, 0.1) is 4.92 Å². The summed E-state index contributed by atoms with van der Waals surface area (Å²) in [5.41, 5.74) is 1.28. The van der Waals surface area contributed by atoms with Crippen LogP contribution < -0.4 is 10.6 Å². The SMILES string of the molecule is O=C(NC=C1CCCC1)Nc1ccccc1[N+](=O)[O-]. The molecule has 1 aromatic carbocycles. The van der Waals surface area contributed by atoms with Crippen molar-refractivity contribution in [2.45, 2.75) is 25.7 Å². The third kappa shape index (κ3) is 3.54. The van der Waals surface area contributed by atoms with Crippen LogP contribution in [-0.2, 0) is 0 Å². The van der Waals surface area contributed by atoms with Gasteiger partial charge in [0, 0.05) is 12.3 Å². The Bertz CT molecular complexity index is 518. The van der Waals surface area contributed by atoms with Crippen LogP contribution in [-0.4, -0.2) is 11.0 Å². The third-order valence-electron chi connectivity index (χ3n) is 3.00. The molecule has 19 heavy (non-hydrogen) atoms. The molecular formula is C13H15N3O3. The molecule has 0 aliphatic heterocycles. The van der Waals surface area contributed by atoms with Gasteiger partial charge in [-0.3, -0.25) is 10.1 Å². The van der Waals surface area contributed by atoms with Gasteiger partial charge in [-0.15, -0.1) is 0 Å². The van der Waals surface area contributed by atoms with Gasteiger partial charge in [0.25, 0.3) is 5.69 Å². The van der Waals surface area contributed by atoms with Crippen molar-refractivity contribution in [3.8, 4) is 0 Å². The second kappa shape index (κ2) is 5.99. The van der Waals surface area contributed by atoms with Crippen LogP contribution in [0.15, 0.2) is 36.0 Å². The molecule has 2 N–H and O–H groups in total. The number of anilines is 1. The molecule has 100 valence electrons. The fraction of sp³-hybridized carbons (Fsp3) is 0.308. The number of urea groups is 1. The number of nitrogens with zero attached hydrogens (tertiary/aromatic N) is 1. The highest BCUT2D eigenvalue weighted by Crippen LogP contribution is 2.24. The summed E-state index contributed by atoms with van der Waals surface area (Å²) in [4.78, 5) is 21.9. The first-order chi connectivity index (χ1) is 9.16. The van der Waals surface area contributed by atoms with Crippen molar-refractivity contribution in [2.24, 2.45) is 0 Å². The average Bonchev–Trinajstić information content (AvgIpc) is 2.90. The first-order valence-electron chi connectivity index (χ1n) is 6.15. The minimum Gasteiger partial charge on any atom is -0.314 e. The number of hydrogen-bond donors (Lipinski definition) is 2. The molecule has 0 bridgehead atoms. The predicted octanol–water partition coefficient (Wildman–Crippen LogP) is 3.17. The van der Waals surface area contributed by atoms with Crippen molar-refractivity contribution in [2.75, 3.05) is 5.32 Å². The minimum atomic E-state index is -0.523. The molecule has 1 fully saturated rings. The van der Waals surface area contributed by atoms with E-state index in [4.69, 9.17) is 0 Å². The number of carbonyl (C=O) groups excluding carboxylic acids is 1. The Hall–Kier alpha value is -2.37. The van der Waals surface area contributed by atoms with Crippen molar-refractivity contribution >= 4 is 17.4 Å². The molecular weight excluding hydrogens is 246 g/mol. The van der Waals surface area contributed by atoms with E-state index < -0.39 is 11.0 Å². The topological polar surface area (TPSA) is 84.3 Å². The second-order valence-electron chi connectivity index (χ2n) is 4.38. The van der Waals surface area contributed by atoms with Crippen LogP contribution in [0.1, 0.15) is 25.7 Å². The van der Waals surface area contributed by atoms with Crippen molar-refractivity contribution < 1.29 is 9.72 Å². The average molecular weight is 261 g/mol. The van der Waals surface area contributed by atoms with Crippen LogP contribution >= 0.6 is 0 Å². The lowest BCUT2D eigenvalue weighted by Gasteiger charge is -2.05. The molecule has 0 heterocycles. The lowest BCUT2D eigenvalue weighted by atomic mass is 10.2. The minimum absolute atomic E-state index is 0.119. The third-order valence-corrected chi connectivity index (χ3v) is 3.00. The van der Waals surface area contributed by atoms with Crippen LogP contribution in [0.4, 0.5) is 16.2 Å². The molecule has 0 spiro atoms. The van der Waals surface area contributed by atoms with E-state index in [0.717, 1.165) is 25.7 Å². The molecule has 2 amide bonds. The number of allylic oxidation sites excluding steroid dienone is 1. The van der Waals surface area contributed by atoms with Gasteiger partial charge in [0.1, 0.15) is 5.69 Å². The van der Waals surface area contributed by atoms with E-state index in [1.807, 2.05) is 0 Å². The zero-order chi connectivity index (χ0) is 13.7. The largest absolute Gasteiger partial charge is 0.323 e. The monoisotopic (exact) mass is 261 g/mol. The Labute approximate surface area is 110 Å². The first kappa shape index (κ1) is 13.1. The molecule has 1 aliphatic carbocycles. The van der Waals surface area contributed by atoms with Crippen LogP contribution in [0.2, 0.25) is 0 Å². The highest BCUT2D eigenvalue weighted by atomic mass is 16.6. The highest BCUT2D eigenvalue weighted by Gasteiger charge is 2.14. The molecule has 0 unspecified atom stereocenters. The standard InChI is InChI=1S/C13H15N3O3/c17-13(14-9-10-5-1-2-6-10)15-11-7-3-4-8-12(11)16(18)19/h3-4,7-9H,1-2,5-6H2,(H2,14,15,17). The quantitative estimate of drug-likeness (QED) is 0.647. The number of nitro benzene ring substituents is 1. The maximum absolute atomic E-state index is 11.7. The molecule has 2 rings (SSSR count). The molecule has 0 radical (unpaired) electrons. The van der Waals surface area contributed by atoms with E-state index in [1.54, 1.807) is 18.3 Å². The number of hydrogen-bond acceptors (Lipinski definition) is 3.